The smallest absolute Gasteiger partial charge is 0.419 e. The molecule has 0 spiro atoms. The van der Waals surface area contributed by atoms with E-state index in [2.05, 4.69) is 20.2 Å². The maximum absolute atomic E-state index is 13.5. The molecule has 2 heterocycles. The lowest BCUT2D eigenvalue weighted by molar-refractivity contribution is -0.140. The van der Waals surface area contributed by atoms with Gasteiger partial charge in [-0.3, -0.25) is 15.2 Å². The molecule has 7 nitrogen and oxygen atoms in total. The number of anilines is 1. The Bertz CT molecular complexity index is 1140. The zero-order valence-corrected chi connectivity index (χ0v) is 17.9. The number of carbonyl (C=O) groups is 1. The third-order valence-corrected chi connectivity index (χ3v) is 5.24. The molecule has 1 saturated heterocycles. The van der Waals surface area contributed by atoms with Crippen molar-refractivity contribution < 1.29 is 27.1 Å². The van der Waals surface area contributed by atoms with Crippen molar-refractivity contribution in [1.29, 1.82) is 0 Å². The van der Waals surface area contributed by atoms with E-state index >= 15 is 0 Å². The fourth-order valence-corrected chi connectivity index (χ4v) is 3.55. The molecule has 1 fully saturated rings. The van der Waals surface area contributed by atoms with Crippen LogP contribution in [-0.4, -0.2) is 52.0 Å². The van der Waals surface area contributed by atoms with Crippen LogP contribution in [0.2, 0.25) is 0 Å². The van der Waals surface area contributed by atoms with Crippen molar-refractivity contribution in [2.24, 2.45) is 0 Å². The van der Waals surface area contributed by atoms with Gasteiger partial charge < -0.3 is 9.64 Å². The van der Waals surface area contributed by atoms with E-state index in [-0.39, 0.29) is 11.8 Å². The number of alkyl halides is 3. The summed E-state index contributed by atoms with van der Waals surface area (Å²) in [6.07, 6.45) is -0.317. The maximum Gasteiger partial charge on any atom is 0.419 e. The van der Waals surface area contributed by atoms with Gasteiger partial charge in [-0.2, -0.15) is 13.2 Å². The van der Waals surface area contributed by atoms with Crippen LogP contribution in [0.3, 0.4) is 0 Å². The quantitative estimate of drug-likeness (QED) is 0.538. The minimum absolute atomic E-state index is 0.103. The van der Waals surface area contributed by atoms with Crippen LogP contribution in [-0.2, 0) is 12.7 Å². The number of piperazine rings is 1. The first-order chi connectivity index (χ1) is 16.3. The number of hydrogen-bond acceptors (Lipinski definition) is 5. The summed E-state index contributed by atoms with van der Waals surface area (Å²) in [5, 5.41) is 2.71. The van der Waals surface area contributed by atoms with Gasteiger partial charge in [0.15, 0.2) is 5.82 Å². The van der Waals surface area contributed by atoms with E-state index < -0.39 is 17.6 Å². The summed E-state index contributed by atoms with van der Waals surface area (Å²) in [7, 11) is 0. The zero-order valence-electron chi connectivity index (χ0n) is 17.9. The van der Waals surface area contributed by atoms with Gasteiger partial charge in [0.2, 0.25) is 0 Å². The number of nitrogens with zero attached hydrogens (tertiary/aromatic N) is 4. The minimum atomic E-state index is -4.81. The molecule has 1 aliphatic rings. The number of hydrogen-bond donors (Lipinski definition) is 1. The molecule has 0 unspecified atom stereocenters. The molecule has 1 aliphatic heterocycles. The molecule has 0 aliphatic carbocycles. The second kappa shape index (κ2) is 10.0. The van der Waals surface area contributed by atoms with E-state index in [1.165, 1.54) is 18.6 Å². The number of amides is 2. The van der Waals surface area contributed by atoms with Gasteiger partial charge in [0.05, 0.1) is 11.8 Å². The summed E-state index contributed by atoms with van der Waals surface area (Å²) < 4.78 is 57.9. The molecule has 2 amide bonds. The fraction of sp³-hybridized carbons (Fsp3) is 0.261. The topological polar surface area (TPSA) is 70.6 Å². The largest absolute Gasteiger partial charge is 0.457 e. The van der Waals surface area contributed by atoms with Gasteiger partial charge in [-0.25, -0.2) is 14.2 Å². The highest BCUT2D eigenvalue weighted by Gasteiger charge is 2.34. The highest BCUT2D eigenvalue weighted by atomic mass is 19.4. The SMILES string of the molecule is O=C(Nc1cnccn1)N1CCN(Cc2cccc(Oc3ccc(F)c(C(F)(F)F)c3)c2)CC1. The predicted molar refractivity (Wildman–Crippen MR) is 116 cm³/mol. The number of urea groups is 1. The second-order valence-corrected chi connectivity index (χ2v) is 7.67. The molecular formula is C23H21F4N5O2. The van der Waals surface area contributed by atoms with Crippen molar-refractivity contribution in [3.63, 3.8) is 0 Å². The number of ether oxygens (including phenoxy) is 1. The Kier molecular flexibility index (Phi) is 6.92. The van der Waals surface area contributed by atoms with Gasteiger partial charge in [0, 0.05) is 45.1 Å². The highest BCUT2D eigenvalue weighted by molar-refractivity contribution is 5.88. The van der Waals surface area contributed by atoms with Crippen LogP contribution >= 0.6 is 0 Å². The molecular weight excluding hydrogens is 454 g/mol. The number of halogens is 4. The lowest BCUT2D eigenvalue weighted by atomic mass is 10.1. The molecule has 0 atom stereocenters. The van der Waals surface area contributed by atoms with Gasteiger partial charge in [-0.05, 0) is 35.9 Å². The van der Waals surface area contributed by atoms with Crippen LogP contribution in [0.25, 0.3) is 0 Å². The Hall–Kier alpha value is -3.73. The number of nitrogens with one attached hydrogen (secondary N) is 1. The van der Waals surface area contributed by atoms with Crippen LogP contribution < -0.4 is 10.1 Å². The lowest BCUT2D eigenvalue weighted by Crippen LogP contribution is -2.49. The van der Waals surface area contributed by atoms with Crippen molar-refractivity contribution in [1.82, 2.24) is 19.8 Å². The van der Waals surface area contributed by atoms with Crippen LogP contribution in [0.1, 0.15) is 11.1 Å². The van der Waals surface area contributed by atoms with Crippen molar-refractivity contribution in [2.75, 3.05) is 31.5 Å². The summed E-state index contributed by atoms with van der Waals surface area (Å²) in [6, 6.07) is 9.26. The summed E-state index contributed by atoms with van der Waals surface area (Å²) in [4.78, 5) is 24.2. The average Bonchev–Trinajstić information content (AvgIpc) is 2.81. The van der Waals surface area contributed by atoms with Gasteiger partial charge in [0.25, 0.3) is 0 Å². The number of aromatic nitrogens is 2. The van der Waals surface area contributed by atoms with Crippen LogP contribution in [0.4, 0.5) is 28.2 Å². The molecule has 0 bridgehead atoms. The van der Waals surface area contributed by atoms with Crippen LogP contribution in [0.5, 0.6) is 11.5 Å². The van der Waals surface area contributed by atoms with Crippen molar-refractivity contribution in [3.8, 4) is 11.5 Å². The fourth-order valence-electron chi connectivity index (χ4n) is 3.55. The average molecular weight is 475 g/mol. The van der Waals surface area contributed by atoms with Crippen molar-refractivity contribution in [3.05, 3.63) is 78.0 Å². The molecule has 0 radical (unpaired) electrons. The summed E-state index contributed by atoms with van der Waals surface area (Å²) >= 11 is 0. The maximum atomic E-state index is 13.5. The van der Waals surface area contributed by atoms with Crippen LogP contribution in [0, 0.1) is 5.82 Å². The van der Waals surface area contributed by atoms with Crippen molar-refractivity contribution >= 4 is 11.8 Å². The standard InChI is InChI=1S/C23H21F4N5O2/c24-20-5-4-18(13-19(20)23(25,26)27)34-17-3-1-2-16(12-17)15-31-8-10-32(11-9-31)22(33)30-21-14-28-6-7-29-21/h1-7,12-14H,8-11,15H2,(H,29,30,33). The Labute approximate surface area is 193 Å². The molecule has 3 aromatic rings. The number of carbonyl (C=O) groups excluding carboxylic acids is 1. The van der Waals surface area contributed by atoms with Gasteiger partial charge >= 0.3 is 12.2 Å². The van der Waals surface area contributed by atoms with Crippen LogP contribution in [0.15, 0.2) is 61.1 Å². The minimum Gasteiger partial charge on any atom is -0.457 e. The molecule has 0 saturated carbocycles. The van der Waals surface area contributed by atoms with E-state index in [0.29, 0.717) is 50.4 Å². The zero-order chi connectivity index (χ0) is 24.1. The van der Waals surface area contributed by atoms with E-state index in [0.717, 1.165) is 17.7 Å². The highest BCUT2D eigenvalue weighted by Crippen LogP contribution is 2.35. The van der Waals surface area contributed by atoms with Gasteiger partial charge in [-0.15, -0.1) is 0 Å². The third-order valence-electron chi connectivity index (χ3n) is 5.24. The molecule has 34 heavy (non-hydrogen) atoms. The summed E-state index contributed by atoms with van der Waals surface area (Å²) in [5.74, 6) is -0.721. The molecule has 2 aromatic carbocycles. The number of rotatable bonds is 5. The lowest BCUT2D eigenvalue weighted by Gasteiger charge is -2.34. The van der Waals surface area contributed by atoms with Gasteiger partial charge in [0.1, 0.15) is 17.3 Å². The van der Waals surface area contributed by atoms with Gasteiger partial charge in [-0.1, -0.05) is 12.1 Å². The summed E-state index contributed by atoms with van der Waals surface area (Å²) in [5.41, 5.74) is -0.476. The Morgan fingerprint density at radius 3 is 2.50 bits per heavy atom. The molecule has 4 rings (SSSR count). The van der Waals surface area contributed by atoms with E-state index in [9.17, 15) is 22.4 Å². The molecule has 1 N–H and O–H groups in total. The molecule has 178 valence electrons. The van der Waals surface area contributed by atoms with E-state index in [1.807, 2.05) is 6.07 Å². The Morgan fingerprint density at radius 2 is 1.79 bits per heavy atom. The normalized spacial score (nSPS) is 14.6. The molecule has 11 heteroatoms. The van der Waals surface area contributed by atoms with Crippen molar-refractivity contribution in [2.45, 2.75) is 12.7 Å². The van der Waals surface area contributed by atoms with E-state index in [1.54, 1.807) is 23.1 Å². The van der Waals surface area contributed by atoms with E-state index in [4.69, 9.17) is 4.74 Å². The molecule has 1 aromatic heterocycles. The Balaban J connectivity index is 1.32. The number of benzene rings is 2. The second-order valence-electron chi connectivity index (χ2n) is 7.67. The predicted octanol–water partition coefficient (Wildman–Crippen LogP) is 4.78. The Morgan fingerprint density at radius 1 is 1.03 bits per heavy atom. The first kappa shape index (κ1) is 23.4. The summed E-state index contributed by atoms with van der Waals surface area (Å²) in [6.45, 7) is 2.92. The first-order valence-corrected chi connectivity index (χ1v) is 10.5. The first-order valence-electron chi connectivity index (χ1n) is 10.5. The third kappa shape index (κ3) is 5.98. The monoisotopic (exact) mass is 475 g/mol.